The Balaban J connectivity index is 1.22. The van der Waals surface area contributed by atoms with Crippen LogP contribution in [0.5, 0.6) is 0 Å². The lowest BCUT2D eigenvalue weighted by atomic mass is 9.53. The van der Waals surface area contributed by atoms with E-state index in [0.29, 0.717) is 11.8 Å². The second-order valence-electron chi connectivity index (χ2n) is 13.0. The topological polar surface area (TPSA) is 46.9 Å². The van der Waals surface area contributed by atoms with Gasteiger partial charge >= 0.3 is 0 Å². The van der Waals surface area contributed by atoms with Gasteiger partial charge in [0.1, 0.15) is 0 Å². The van der Waals surface area contributed by atoms with Crippen molar-refractivity contribution < 1.29 is 4.79 Å². The highest BCUT2D eigenvalue weighted by Crippen LogP contribution is 2.58. The van der Waals surface area contributed by atoms with Gasteiger partial charge in [-0.15, -0.1) is 0 Å². The van der Waals surface area contributed by atoms with E-state index in [0.717, 1.165) is 46.0 Å². The number of aromatic nitrogens is 2. The van der Waals surface area contributed by atoms with Gasteiger partial charge in [0.15, 0.2) is 5.69 Å². The van der Waals surface area contributed by atoms with Crippen LogP contribution < -0.4 is 5.32 Å². The van der Waals surface area contributed by atoms with Gasteiger partial charge < -0.3 is 5.32 Å². The molecule has 8 aliphatic rings. The van der Waals surface area contributed by atoms with E-state index >= 15 is 0 Å². The van der Waals surface area contributed by atoms with Crippen LogP contribution in [0.1, 0.15) is 104 Å². The molecule has 2 unspecified atom stereocenters. The third-order valence-electron chi connectivity index (χ3n) is 10.6. The molecular formula is C29H34ClN3O. The Morgan fingerprint density at radius 1 is 0.824 bits per heavy atom. The van der Waals surface area contributed by atoms with Crippen molar-refractivity contribution in [2.45, 2.75) is 88.0 Å². The largest absolute Gasteiger partial charge is 0.345 e. The third kappa shape index (κ3) is 3.03. The summed E-state index contributed by atoms with van der Waals surface area (Å²) in [6, 6.07) is 8.01. The van der Waals surface area contributed by atoms with Crippen molar-refractivity contribution in [1.82, 2.24) is 15.1 Å². The highest BCUT2D eigenvalue weighted by Gasteiger charge is 2.52. The lowest BCUT2D eigenvalue weighted by molar-refractivity contribution is -0.0168. The summed E-state index contributed by atoms with van der Waals surface area (Å²) in [7, 11) is 0. The van der Waals surface area contributed by atoms with Gasteiger partial charge in [-0.25, -0.2) is 4.68 Å². The zero-order chi connectivity index (χ0) is 22.6. The van der Waals surface area contributed by atoms with Crippen LogP contribution in [0.15, 0.2) is 24.3 Å². The quantitative estimate of drug-likeness (QED) is 0.542. The Morgan fingerprint density at radius 2 is 1.38 bits per heavy atom. The summed E-state index contributed by atoms with van der Waals surface area (Å²) in [5, 5.41) is 9.50. The average Bonchev–Trinajstić information content (AvgIpc) is 3.10. The number of nitrogens with zero attached hydrogens (tertiary/aromatic N) is 2. The van der Waals surface area contributed by atoms with E-state index in [-0.39, 0.29) is 11.4 Å². The molecule has 178 valence electrons. The minimum Gasteiger partial charge on any atom is -0.345 e. The van der Waals surface area contributed by atoms with Gasteiger partial charge in [-0.2, -0.15) is 5.10 Å². The van der Waals surface area contributed by atoms with Crippen molar-refractivity contribution in [3.8, 4) is 5.69 Å². The maximum absolute atomic E-state index is 14.1. The molecule has 8 aliphatic carbocycles. The molecular weight excluding hydrogens is 442 g/mol. The lowest BCUT2D eigenvalue weighted by Gasteiger charge is -2.56. The van der Waals surface area contributed by atoms with Crippen molar-refractivity contribution in [2.75, 3.05) is 0 Å². The molecule has 6 fully saturated rings. The number of rotatable bonds is 3. The molecule has 2 atom stereocenters. The van der Waals surface area contributed by atoms with E-state index in [2.05, 4.69) is 22.1 Å². The van der Waals surface area contributed by atoms with Crippen LogP contribution in [0, 0.1) is 29.6 Å². The summed E-state index contributed by atoms with van der Waals surface area (Å²) in [6.07, 6.45) is 14.1. The first-order valence-electron chi connectivity index (χ1n) is 13.7. The molecule has 1 heterocycles. The van der Waals surface area contributed by atoms with E-state index in [9.17, 15) is 4.79 Å². The van der Waals surface area contributed by atoms with E-state index in [1.807, 2.05) is 12.1 Å². The molecule has 0 radical (unpaired) electrons. The van der Waals surface area contributed by atoms with E-state index in [1.54, 1.807) is 0 Å². The van der Waals surface area contributed by atoms with Crippen molar-refractivity contribution in [2.24, 2.45) is 29.6 Å². The lowest BCUT2D eigenvalue weighted by Crippen LogP contribution is -2.60. The van der Waals surface area contributed by atoms with Crippen LogP contribution in [0.2, 0.25) is 5.02 Å². The van der Waals surface area contributed by atoms with Crippen LogP contribution in [0.4, 0.5) is 0 Å². The first kappa shape index (κ1) is 20.4. The minimum absolute atomic E-state index is 0.0186. The Bertz CT molecular complexity index is 1120. The molecule has 2 aromatic rings. The molecule has 1 N–H and O–H groups in total. The minimum atomic E-state index is 0.0186. The highest BCUT2D eigenvalue weighted by molar-refractivity contribution is 6.30. The summed E-state index contributed by atoms with van der Waals surface area (Å²) in [4.78, 5) is 14.1. The number of amides is 1. The number of hydrogen-bond acceptors (Lipinski definition) is 2. The van der Waals surface area contributed by atoms with Crippen molar-refractivity contribution in [1.29, 1.82) is 0 Å². The number of hydrogen-bond donors (Lipinski definition) is 1. The number of carbonyl (C=O) groups is 1. The van der Waals surface area contributed by atoms with Crippen molar-refractivity contribution in [3.05, 3.63) is 46.2 Å². The first-order chi connectivity index (χ1) is 16.5. The Kier molecular flexibility index (Phi) is 4.27. The molecule has 1 aromatic carbocycles. The van der Waals surface area contributed by atoms with Crippen LogP contribution in [0.25, 0.3) is 5.69 Å². The average molecular weight is 476 g/mol. The number of benzene rings is 1. The zero-order valence-electron chi connectivity index (χ0n) is 19.8. The Morgan fingerprint density at radius 3 is 2.00 bits per heavy atom. The molecule has 4 nitrogen and oxygen atoms in total. The van der Waals surface area contributed by atoms with Crippen molar-refractivity contribution >= 4 is 17.5 Å². The fourth-order valence-corrected chi connectivity index (χ4v) is 10.2. The maximum atomic E-state index is 14.1. The number of nitrogens with one attached hydrogen (secondary N) is 1. The monoisotopic (exact) mass is 475 g/mol. The molecule has 1 aromatic heterocycles. The van der Waals surface area contributed by atoms with Gasteiger partial charge in [0.05, 0.1) is 11.4 Å². The number of halogens is 1. The second-order valence-corrected chi connectivity index (χ2v) is 13.4. The molecule has 34 heavy (non-hydrogen) atoms. The van der Waals surface area contributed by atoms with Gasteiger partial charge in [0.2, 0.25) is 0 Å². The molecule has 0 saturated heterocycles. The second kappa shape index (κ2) is 7.12. The third-order valence-corrected chi connectivity index (χ3v) is 10.8. The summed E-state index contributed by atoms with van der Waals surface area (Å²) >= 11 is 6.22. The van der Waals surface area contributed by atoms with Gasteiger partial charge in [-0.1, -0.05) is 11.6 Å². The standard InChI is InChI=1S/C29H34ClN3O/c30-23-1-3-24(4-2-23)33-27-22-11-16-5-17(12-22)10-21(9-16)25(27)26(32-33)28(34)31-29-13-18-6-19(14-29)8-20(7-18)15-29/h1-4,16-22H,5-15H2,(H,31,34). The molecule has 10 rings (SSSR count). The molecule has 0 aliphatic heterocycles. The summed E-state index contributed by atoms with van der Waals surface area (Å²) < 4.78 is 2.13. The normalized spacial score (nSPS) is 40.9. The molecule has 6 saturated carbocycles. The Labute approximate surface area is 206 Å². The van der Waals surface area contributed by atoms with Crippen LogP contribution in [-0.2, 0) is 0 Å². The van der Waals surface area contributed by atoms with Gasteiger partial charge in [-0.3, -0.25) is 4.79 Å². The first-order valence-corrected chi connectivity index (χ1v) is 14.1. The molecule has 8 bridgehead atoms. The maximum Gasteiger partial charge on any atom is 0.272 e. The summed E-state index contributed by atoms with van der Waals surface area (Å²) in [5.74, 6) is 5.21. The smallest absolute Gasteiger partial charge is 0.272 e. The van der Waals surface area contributed by atoms with Crippen LogP contribution in [0.3, 0.4) is 0 Å². The van der Waals surface area contributed by atoms with Crippen LogP contribution >= 0.6 is 11.6 Å². The molecule has 5 heteroatoms. The fourth-order valence-electron chi connectivity index (χ4n) is 10.1. The SMILES string of the molecule is O=C(NC12CC3CC(CC(C3)C1)C2)c1nn(-c2ccc(Cl)cc2)c2c1C1CC3CC(C1)CC2C3. The number of carbonyl (C=O) groups excluding carboxylic acids is 1. The zero-order valence-corrected chi connectivity index (χ0v) is 20.6. The van der Waals surface area contributed by atoms with Gasteiger partial charge in [0.25, 0.3) is 5.91 Å². The van der Waals surface area contributed by atoms with E-state index in [1.165, 1.54) is 81.9 Å². The van der Waals surface area contributed by atoms with Gasteiger partial charge in [0, 0.05) is 22.0 Å². The predicted octanol–water partition coefficient (Wildman–Crippen LogP) is 6.62. The van der Waals surface area contributed by atoms with Gasteiger partial charge in [-0.05, 0) is 130 Å². The fraction of sp³-hybridized carbons (Fsp3) is 0.655. The highest BCUT2D eigenvalue weighted by atomic mass is 35.5. The predicted molar refractivity (Wildman–Crippen MR) is 132 cm³/mol. The van der Waals surface area contributed by atoms with E-state index in [4.69, 9.17) is 16.7 Å². The molecule has 0 spiro atoms. The van der Waals surface area contributed by atoms with E-state index < -0.39 is 0 Å². The summed E-state index contributed by atoms with van der Waals surface area (Å²) in [5.41, 5.74) is 4.43. The Hall–Kier alpha value is -1.81. The molecule has 1 amide bonds. The van der Waals surface area contributed by atoms with Crippen LogP contribution in [-0.4, -0.2) is 21.2 Å². The van der Waals surface area contributed by atoms with Crippen molar-refractivity contribution in [3.63, 3.8) is 0 Å². The summed E-state index contributed by atoms with van der Waals surface area (Å²) in [6.45, 7) is 0.